The minimum absolute atomic E-state index is 0.00897. The largest absolute Gasteiger partial charge is 0.477 e. The van der Waals surface area contributed by atoms with Crippen LogP contribution in [0.4, 0.5) is 15.8 Å². The van der Waals surface area contributed by atoms with E-state index in [9.17, 15) is 19.1 Å². The first-order valence-electron chi connectivity index (χ1n) is 13.6. The van der Waals surface area contributed by atoms with Crippen molar-refractivity contribution in [2.24, 2.45) is 0 Å². The topological polar surface area (TPSA) is 141 Å². The number of ether oxygens (including phenoxy) is 1. The van der Waals surface area contributed by atoms with E-state index >= 15 is 0 Å². The number of nitrogens with zero attached hydrogens (tertiary/aromatic N) is 5. The Kier molecular flexibility index (Phi) is 6.02. The van der Waals surface area contributed by atoms with Crippen LogP contribution in [0.2, 0.25) is 0 Å². The molecule has 4 N–H and O–H groups in total. The van der Waals surface area contributed by atoms with Crippen LogP contribution in [-0.2, 0) is 4.74 Å². The second-order valence-electron chi connectivity index (χ2n) is 10.7. The van der Waals surface area contributed by atoms with Crippen LogP contribution >= 0.6 is 0 Å². The maximum atomic E-state index is 14.9. The van der Waals surface area contributed by atoms with Crippen LogP contribution in [0.15, 0.2) is 41.6 Å². The molecular formula is C29H29FN8O4. The monoisotopic (exact) mass is 572 g/mol. The summed E-state index contributed by atoms with van der Waals surface area (Å²) in [5, 5.41) is 14.3. The summed E-state index contributed by atoms with van der Waals surface area (Å²) in [4.78, 5) is 42.3. The van der Waals surface area contributed by atoms with Crippen LogP contribution in [0.3, 0.4) is 0 Å². The molecule has 2 atom stereocenters. The molecule has 0 amide bonds. The van der Waals surface area contributed by atoms with Gasteiger partial charge >= 0.3 is 5.97 Å². The maximum Gasteiger partial charge on any atom is 0.341 e. The number of anilines is 2. The van der Waals surface area contributed by atoms with Crippen molar-refractivity contribution in [2.45, 2.75) is 12.1 Å². The van der Waals surface area contributed by atoms with Crippen LogP contribution in [0, 0.1) is 5.82 Å². The lowest BCUT2D eigenvalue weighted by Gasteiger charge is -2.33. The van der Waals surface area contributed by atoms with Gasteiger partial charge in [-0.25, -0.2) is 23.8 Å². The summed E-state index contributed by atoms with van der Waals surface area (Å²) in [7, 11) is 5.44. The molecule has 2 fully saturated rings. The number of benzene rings is 1. The number of carboxylic acid groups (broad SMARTS) is 1. The summed E-state index contributed by atoms with van der Waals surface area (Å²) >= 11 is 0. The van der Waals surface area contributed by atoms with Crippen molar-refractivity contribution in [3.05, 3.63) is 58.4 Å². The van der Waals surface area contributed by atoms with Gasteiger partial charge in [0.1, 0.15) is 17.0 Å². The molecule has 0 bridgehead atoms. The number of halogens is 1. The molecule has 42 heavy (non-hydrogen) atoms. The van der Waals surface area contributed by atoms with E-state index in [1.54, 1.807) is 32.6 Å². The Morgan fingerprint density at radius 2 is 2.00 bits per heavy atom. The standard InChI is InChI=1S/C29H29FN8O4/c1-31-20-8-15(30)7-16-23-25(37-12-21-22(13-37)42-5-4-36(21)3)18(10-33-27(23)35-24(16)20)14-6-17-26(39)19(29(40)41)11-38(32-2)28(17)34-9-14/h6-11,21-22,31-32H,4-5,12-13H2,1-3H3,(H,33,35)(H,40,41)/t21-,22+/m0/s1. The Morgan fingerprint density at radius 1 is 1.17 bits per heavy atom. The zero-order chi connectivity index (χ0) is 29.3. The zero-order valence-electron chi connectivity index (χ0n) is 23.2. The third-order valence-electron chi connectivity index (χ3n) is 8.46. The van der Waals surface area contributed by atoms with Gasteiger partial charge in [0.2, 0.25) is 5.43 Å². The number of fused-ring (bicyclic) bond motifs is 5. The van der Waals surface area contributed by atoms with Gasteiger partial charge in [0.05, 0.1) is 46.4 Å². The molecular weight excluding hydrogens is 543 g/mol. The van der Waals surface area contributed by atoms with E-state index in [-0.39, 0.29) is 28.9 Å². The molecule has 0 aliphatic carbocycles. The average Bonchev–Trinajstić information content (AvgIpc) is 3.59. The highest BCUT2D eigenvalue weighted by atomic mass is 19.1. The average molecular weight is 573 g/mol. The Balaban J connectivity index is 1.52. The van der Waals surface area contributed by atoms with E-state index in [0.29, 0.717) is 53.2 Å². The van der Waals surface area contributed by atoms with Crippen LogP contribution in [-0.4, -0.2) is 95.1 Å². The number of morpholine rings is 1. The Bertz CT molecular complexity index is 1970. The number of carbonyl (C=O) groups is 1. The minimum Gasteiger partial charge on any atom is -0.477 e. The van der Waals surface area contributed by atoms with E-state index in [1.165, 1.54) is 23.0 Å². The Morgan fingerprint density at radius 3 is 2.74 bits per heavy atom. The lowest BCUT2D eigenvalue weighted by Crippen LogP contribution is -2.48. The van der Waals surface area contributed by atoms with Crippen molar-refractivity contribution in [3.63, 3.8) is 0 Å². The van der Waals surface area contributed by atoms with Gasteiger partial charge in [-0.1, -0.05) is 0 Å². The first kappa shape index (κ1) is 26.2. The maximum absolute atomic E-state index is 14.9. The molecule has 1 aromatic carbocycles. The van der Waals surface area contributed by atoms with E-state index in [1.807, 2.05) is 0 Å². The number of carboxylic acids is 1. The number of nitrogens with one attached hydrogen (secondary N) is 3. The summed E-state index contributed by atoms with van der Waals surface area (Å²) in [6, 6.07) is 4.75. The van der Waals surface area contributed by atoms with Gasteiger partial charge in [-0.2, -0.15) is 0 Å². The molecule has 5 aromatic rings. The van der Waals surface area contributed by atoms with Crippen LogP contribution in [0.1, 0.15) is 10.4 Å². The fourth-order valence-electron chi connectivity index (χ4n) is 6.37. The first-order valence-corrected chi connectivity index (χ1v) is 13.6. The molecule has 7 rings (SSSR count). The SMILES string of the molecule is CNc1cc(F)cc2c1[nH]c1ncc(-c3cnc4c(c3)c(=O)c(C(=O)O)cn4NC)c(N3C[C@H]4OCCN(C)[C@H]4C3)c12. The molecule has 13 heteroatoms. The number of hydrogen-bond acceptors (Lipinski definition) is 9. The Labute approximate surface area is 238 Å². The zero-order valence-corrected chi connectivity index (χ0v) is 23.2. The fraction of sp³-hybridized carbons (Fsp3) is 0.310. The second-order valence-corrected chi connectivity index (χ2v) is 10.7. The molecule has 6 heterocycles. The molecule has 0 unspecified atom stereocenters. The normalized spacial score (nSPS) is 19.1. The number of aromatic carboxylic acids is 1. The molecule has 0 radical (unpaired) electrons. The van der Waals surface area contributed by atoms with Crippen LogP contribution in [0.25, 0.3) is 44.1 Å². The van der Waals surface area contributed by atoms with Crippen LogP contribution in [0.5, 0.6) is 0 Å². The number of H-pyrrole nitrogens is 1. The smallest absolute Gasteiger partial charge is 0.341 e. The predicted molar refractivity (Wildman–Crippen MR) is 159 cm³/mol. The van der Waals surface area contributed by atoms with Crippen molar-refractivity contribution < 1.29 is 19.0 Å². The van der Waals surface area contributed by atoms with Gasteiger partial charge in [-0.15, -0.1) is 0 Å². The van der Waals surface area contributed by atoms with Gasteiger partial charge in [-0.05, 0) is 25.2 Å². The number of hydrogen-bond donors (Lipinski definition) is 4. The van der Waals surface area contributed by atoms with Crippen molar-refractivity contribution in [2.75, 3.05) is 63.0 Å². The van der Waals surface area contributed by atoms with Gasteiger partial charge in [0, 0.05) is 68.8 Å². The van der Waals surface area contributed by atoms with E-state index in [2.05, 4.69) is 37.6 Å². The molecule has 4 aromatic heterocycles. The summed E-state index contributed by atoms with van der Waals surface area (Å²) < 4.78 is 22.4. The quantitative estimate of drug-likeness (QED) is 0.248. The number of likely N-dealkylation sites (N-methyl/N-ethyl adjacent to an activating group) is 1. The van der Waals surface area contributed by atoms with Crippen LogP contribution < -0.4 is 21.1 Å². The third kappa shape index (κ3) is 3.88. The summed E-state index contributed by atoms with van der Waals surface area (Å²) in [5.41, 5.74) is 6.15. The van der Waals surface area contributed by atoms with E-state index < -0.39 is 11.4 Å². The highest BCUT2D eigenvalue weighted by Crippen LogP contribution is 2.43. The number of aromatic amines is 1. The van der Waals surface area contributed by atoms with Gasteiger partial charge in [0.15, 0.2) is 5.65 Å². The predicted octanol–water partition coefficient (Wildman–Crippen LogP) is 2.66. The molecule has 2 saturated heterocycles. The van der Waals surface area contributed by atoms with Crippen molar-refractivity contribution in [1.29, 1.82) is 0 Å². The molecule has 2 aliphatic heterocycles. The summed E-state index contributed by atoms with van der Waals surface area (Å²) in [6.45, 7) is 2.76. The molecule has 216 valence electrons. The van der Waals surface area contributed by atoms with E-state index in [0.717, 1.165) is 23.1 Å². The molecule has 0 saturated carbocycles. The molecule has 2 aliphatic rings. The molecule has 12 nitrogen and oxygen atoms in total. The third-order valence-corrected chi connectivity index (χ3v) is 8.46. The summed E-state index contributed by atoms with van der Waals surface area (Å²) in [5.74, 6) is -1.71. The minimum atomic E-state index is -1.33. The van der Waals surface area contributed by atoms with Crippen molar-refractivity contribution >= 4 is 50.3 Å². The number of pyridine rings is 3. The first-order chi connectivity index (χ1) is 20.3. The number of rotatable bonds is 5. The second kappa shape index (κ2) is 9.67. The lowest BCUT2D eigenvalue weighted by molar-refractivity contribution is -0.0362. The van der Waals surface area contributed by atoms with Gasteiger partial charge < -0.3 is 30.5 Å². The van der Waals surface area contributed by atoms with E-state index in [4.69, 9.17) is 9.72 Å². The van der Waals surface area contributed by atoms with Gasteiger partial charge in [-0.3, -0.25) is 9.69 Å². The lowest BCUT2D eigenvalue weighted by atomic mass is 10.0. The highest BCUT2D eigenvalue weighted by molar-refractivity contribution is 6.18. The van der Waals surface area contributed by atoms with Crippen molar-refractivity contribution in [3.8, 4) is 11.1 Å². The number of aromatic nitrogens is 4. The van der Waals surface area contributed by atoms with Crippen molar-refractivity contribution in [1.82, 2.24) is 24.5 Å². The fourth-order valence-corrected chi connectivity index (χ4v) is 6.37. The Hall–Kier alpha value is -4.75. The summed E-state index contributed by atoms with van der Waals surface area (Å²) in [6.07, 6.45) is 4.57. The molecule has 0 spiro atoms. The highest BCUT2D eigenvalue weighted by Gasteiger charge is 2.40. The van der Waals surface area contributed by atoms with Gasteiger partial charge in [0.25, 0.3) is 0 Å².